The van der Waals surface area contributed by atoms with Gasteiger partial charge >= 0.3 is 5.97 Å². The number of alkyl halides is 1. The van der Waals surface area contributed by atoms with Gasteiger partial charge in [-0.25, -0.2) is 4.79 Å². The molecule has 0 heterocycles. The van der Waals surface area contributed by atoms with Gasteiger partial charge in [0.1, 0.15) is 5.38 Å². The van der Waals surface area contributed by atoms with E-state index in [-0.39, 0.29) is 0 Å². The van der Waals surface area contributed by atoms with Crippen molar-refractivity contribution in [2.24, 2.45) is 0 Å². The standard InChI is InChI=1S/C21H39ClO3/c1-3-4-5-6-7-8-9-10-11-12-13-14-15-16-17-18-19(22)20(23)21(24)25-2/h19H,3-18H2,1-2H3. The van der Waals surface area contributed by atoms with Crippen LogP contribution in [0.3, 0.4) is 0 Å². The Bertz CT molecular complexity index is 331. The van der Waals surface area contributed by atoms with Crippen LogP contribution in [0.15, 0.2) is 0 Å². The highest BCUT2D eigenvalue weighted by atomic mass is 35.5. The van der Waals surface area contributed by atoms with E-state index < -0.39 is 17.1 Å². The minimum atomic E-state index is -0.832. The van der Waals surface area contributed by atoms with Crippen LogP contribution in [-0.4, -0.2) is 24.2 Å². The zero-order valence-electron chi connectivity index (χ0n) is 16.5. The first-order valence-corrected chi connectivity index (χ1v) is 10.8. The Morgan fingerprint density at radius 3 is 1.44 bits per heavy atom. The highest BCUT2D eigenvalue weighted by Gasteiger charge is 2.23. The molecule has 0 saturated heterocycles. The lowest BCUT2D eigenvalue weighted by molar-refractivity contribution is -0.151. The molecule has 0 aromatic rings. The third kappa shape index (κ3) is 15.4. The van der Waals surface area contributed by atoms with Crippen molar-refractivity contribution in [3.05, 3.63) is 0 Å². The number of unbranched alkanes of at least 4 members (excludes halogenated alkanes) is 14. The van der Waals surface area contributed by atoms with Gasteiger partial charge < -0.3 is 4.74 Å². The lowest BCUT2D eigenvalue weighted by Gasteiger charge is -2.07. The van der Waals surface area contributed by atoms with E-state index in [0.717, 1.165) is 12.8 Å². The van der Waals surface area contributed by atoms with E-state index in [1.807, 2.05) is 0 Å². The summed E-state index contributed by atoms with van der Waals surface area (Å²) in [6.07, 6.45) is 20.2. The van der Waals surface area contributed by atoms with Crippen LogP contribution in [0, 0.1) is 0 Å². The molecule has 0 aliphatic rings. The number of hydrogen-bond acceptors (Lipinski definition) is 3. The molecule has 0 fully saturated rings. The third-order valence-corrected chi connectivity index (χ3v) is 5.15. The molecule has 1 atom stereocenters. The van der Waals surface area contributed by atoms with Crippen LogP contribution < -0.4 is 0 Å². The Kier molecular flexibility index (Phi) is 17.8. The first kappa shape index (κ1) is 24.4. The van der Waals surface area contributed by atoms with E-state index in [1.54, 1.807) is 0 Å². The summed E-state index contributed by atoms with van der Waals surface area (Å²) in [6, 6.07) is 0. The molecule has 0 spiro atoms. The molecule has 0 aliphatic carbocycles. The van der Waals surface area contributed by atoms with Crippen LogP contribution in [0.2, 0.25) is 0 Å². The number of methoxy groups -OCH3 is 1. The fourth-order valence-corrected chi connectivity index (χ4v) is 3.30. The van der Waals surface area contributed by atoms with E-state index in [1.165, 1.54) is 90.6 Å². The summed E-state index contributed by atoms with van der Waals surface area (Å²) in [5.41, 5.74) is 0. The Hall–Kier alpha value is -0.570. The second-order valence-corrected chi connectivity index (χ2v) is 7.59. The minimum Gasteiger partial charge on any atom is -0.463 e. The van der Waals surface area contributed by atoms with Gasteiger partial charge in [-0.3, -0.25) is 4.79 Å². The predicted octanol–water partition coefficient (Wildman–Crippen LogP) is 6.60. The SMILES string of the molecule is CCCCCCCCCCCCCCCCCC(Cl)C(=O)C(=O)OC. The molecular formula is C21H39ClO3. The molecule has 0 N–H and O–H groups in total. The molecule has 3 nitrogen and oxygen atoms in total. The molecule has 0 radical (unpaired) electrons. The smallest absolute Gasteiger partial charge is 0.375 e. The lowest BCUT2D eigenvalue weighted by Crippen LogP contribution is -2.25. The Balaban J connectivity index is 3.24. The number of rotatable bonds is 18. The number of halogens is 1. The maximum absolute atomic E-state index is 11.4. The molecule has 0 amide bonds. The second kappa shape index (κ2) is 18.2. The van der Waals surface area contributed by atoms with Gasteiger partial charge in [0.15, 0.2) is 0 Å². The number of Topliss-reactive ketones (excluding diaryl/α,β-unsaturated/α-hetero) is 1. The molecule has 25 heavy (non-hydrogen) atoms. The van der Waals surface area contributed by atoms with Crippen molar-refractivity contribution in [3.8, 4) is 0 Å². The van der Waals surface area contributed by atoms with Gasteiger partial charge in [0, 0.05) is 0 Å². The average Bonchev–Trinajstić information content (AvgIpc) is 2.63. The Morgan fingerprint density at radius 2 is 1.08 bits per heavy atom. The summed E-state index contributed by atoms with van der Waals surface area (Å²) in [7, 11) is 1.21. The van der Waals surface area contributed by atoms with Crippen molar-refractivity contribution < 1.29 is 14.3 Å². The van der Waals surface area contributed by atoms with Crippen LogP contribution in [0.5, 0.6) is 0 Å². The number of hydrogen-bond donors (Lipinski definition) is 0. The first-order valence-electron chi connectivity index (χ1n) is 10.4. The summed E-state index contributed by atoms with van der Waals surface area (Å²) in [5, 5.41) is -0.727. The summed E-state index contributed by atoms with van der Waals surface area (Å²) >= 11 is 5.91. The molecule has 1 unspecified atom stereocenters. The summed E-state index contributed by atoms with van der Waals surface area (Å²) < 4.78 is 4.39. The van der Waals surface area contributed by atoms with Crippen LogP contribution in [0.25, 0.3) is 0 Å². The molecule has 0 bridgehead atoms. The summed E-state index contributed by atoms with van der Waals surface area (Å²) in [5.74, 6) is -1.45. The summed E-state index contributed by atoms with van der Waals surface area (Å²) in [6.45, 7) is 2.26. The van der Waals surface area contributed by atoms with E-state index in [0.29, 0.717) is 6.42 Å². The molecule has 0 aromatic carbocycles. The maximum atomic E-state index is 11.4. The van der Waals surface area contributed by atoms with E-state index in [9.17, 15) is 9.59 Å². The Morgan fingerprint density at radius 1 is 0.720 bits per heavy atom. The number of carbonyl (C=O) groups excluding carboxylic acids is 2. The van der Waals surface area contributed by atoms with E-state index in [4.69, 9.17) is 11.6 Å². The van der Waals surface area contributed by atoms with Crippen LogP contribution in [0.1, 0.15) is 110 Å². The molecule has 0 saturated carbocycles. The van der Waals surface area contributed by atoms with Crippen molar-refractivity contribution in [2.45, 2.75) is 115 Å². The molecule has 0 aliphatic heterocycles. The molecule has 0 aromatic heterocycles. The van der Waals surface area contributed by atoms with Crippen molar-refractivity contribution in [1.82, 2.24) is 0 Å². The van der Waals surface area contributed by atoms with Crippen molar-refractivity contribution in [1.29, 1.82) is 0 Å². The van der Waals surface area contributed by atoms with Crippen molar-refractivity contribution >= 4 is 23.4 Å². The number of ketones is 1. The number of esters is 1. The molecule has 0 rings (SSSR count). The summed E-state index contributed by atoms with van der Waals surface area (Å²) in [4.78, 5) is 22.5. The van der Waals surface area contributed by atoms with Gasteiger partial charge in [0.05, 0.1) is 7.11 Å². The number of carbonyl (C=O) groups is 2. The lowest BCUT2D eigenvalue weighted by atomic mass is 10.0. The monoisotopic (exact) mass is 374 g/mol. The van der Waals surface area contributed by atoms with Gasteiger partial charge in [-0.1, -0.05) is 103 Å². The van der Waals surface area contributed by atoms with Gasteiger partial charge in [-0.15, -0.1) is 11.6 Å². The zero-order valence-corrected chi connectivity index (χ0v) is 17.2. The van der Waals surface area contributed by atoms with Gasteiger partial charge in [-0.05, 0) is 6.42 Å². The zero-order chi connectivity index (χ0) is 18.8. The van der Waals surface area contributed by atoms with Gasteiger partial charge in [0.25, 0.3) is 5.78 Å². The van der Waals surface area contributed by atoms with Crippen molar-refractivity contribution in [2.75, 3.05) is 7.11 Å². The number of ether oxygens (including phenoxy) is 1. The molecule has 4 heteroatoms. The predicted molar refractivity (Wildman–Crippen MR) is 106 cm³/mol. The van der Waals surface area contributed by atoms with Crippen LogP contribution in [0.4, 0.5) is 0 Å². The van der Waals surface area contributed by atoms with Crippen molar-refractivity contribution in [3.63, 3.8) is 0 Å². The van der Waals surface area contributed by atoms with Crippen LogP contribution >= 0.6 is 11.6 Å². The Labute approximate surface area is 160 Å². The minimum absolute atomic E-state index is 0.563. The first-order chi connectivity index (χ1) is 12.1. The largest absolute Gasteiger partial charge is 0.463 e. The quantitative estimate of drug-likeness (QED) is 0.117. The highest BCUT2D eigenvalue weighted by molar-refractivity contribution is 6.47. The third-order valence-electron chi connectivity index (χ3n) is 4.73. The van der Waals surface area contributed by atoms with Gasteiger partial charge in [0.2, 0.25) is 0 Å². The highest BCUT2D eigenvalue weighted by Crippen LogP contribution is 2.15. The fourth-order valence-electron chi connectivity index (χ4n) is 3.05. The second-order valence-electron chi connectivity index (χ2n) is 7.06. The van der Waals surface area contributed by atoms with E-state index in [2.05, 4.69) is 11.7 Å². The topological polar surface area (TPSA) is 43.4 Å². The maximum Gasteiger partial charge on any atom is 0.375 e. The van der Waals surface area contributed by atoms with E-state index >= 15 is 0 Å². The molecular weight excluding hydrogens is 336 g/mol. The molecule has 148 valence electrons. The fraction of sp³-hybridized carbons (Fsp3) is 0.905. The van der Waals surface area contributed by atoms with Crippen LogP contribution in [-0.2, 0) is 14.3 Å². The average molecular weight is 375 g/mol. The van der Waals surface area contributed by atoms with Gasteiger partial charge in [-0.2, -0.15) is 0 Å². The normalized spacial score (nSPS) is 12.1.